The number of benzene rings is 2. The molecule has 0 fully saturated rings. The summed E-state index contributed by atoms with van der Waals surface area (Å²) in [6.07, 6.45) is -4.48. The second-order valence-electron chi connectivity index (χ2n) is 4.87. The number of anilines is 2. The highest BCUT2D eigenvalue weighted by atomic mass is 35.5. The Morgan fingerprint density at radius 1 is 1.00 bits per heavy atom. The minimum atomic E-state index is -4.48. The molecule has 0 heterocycles. The predicted molar refractivity (Wildman–Crippen MR) is 95.8 cm³/mol. The van der Waals surface area contributed by atoms with Gasteiger partial charge in [-0.15, -0.1) is 0 Å². The standard InChI is InChI=1S/C16H14ClF3N2O2S/c1-23-11-6-10(7-12(8-11)24-2)21-15(25)22-14-5-9(16(18,19)20)3-4-13(14)17/h3-8H,1-2H3,(H2,21,22,25). The molecule has 25 heavy (non-hydrogen) atoms. The normalized spacial score (nSPS) is 11.0. The summed E-state index contributed by atoms with van der Waals surface area (Å²) in [6, 6.07) is 7.93. The molecule has 0 amide bonds. The van der Waals surface area contributed by atoms with E-state index >= 15 is 0 Å². The number of nitrogens with one attached hydrogen (secondary N) is 2. The van der Waals surface area contributed by atoms with E-state index in [0.717, 1.165) is 18.2 Å². The van der Waals surface area contributed by atoms with Gasteiger partial charge in [-0.3, -0.25) is 0 Å². The number of alkyl halides is 3. The van der Waals surface area contributed by atoms with Crippen LogP contribution in [0.4, 0.5) is 24.5 Å². The Morgan fingerprint density at radius 3 is 2.12 bits per heavy atom. The van der Waals surface area contributed by atoms with Gasteiger partial charge >= 0.3 is 6.18 Å². The molecular weight excluding hydrogens is 377 g/mol. The van der Waals surface area contributed by atoms with Crippen molar-refractivity contribution in [2.45, 2.75) is 6.18 Å². The highest BCUT2D eigenvalue weighted by molar-refractivity contribution is 7.80. The molecule has 0 aliphatic carbocycles. The minimum absolute atomic E-state index is 0.0452. The number of hydrogen-bond acceptors (Lipinski definition) is 3. The van der Waals surface area contributed by atoms with Gasteiger partial charge in [0.2, 0.25) is 0 Å². The first-order valence-electron chi connectivity index (χ1n) is 6.90. The van der Waals surface area contributed by atoms with E-state index < -0.39 is 11.7 Å². The molecule has 0 spiro atoms. The molecule has 4 nitrogen and oxygen atoms in total. The first-order valence-corrected chi connectivity index (χ1v) is 7.69. The fraction of sp³-hybridized carbons (Fsp3) is 0.188. The topological polar surface area (TPSA) is 42.5 Å². The summed E-state index contributed by atoms with van der Waals surface area (Å²) < 4.78 is 48.7. The van der Waals surface area contributed by atoms with Gasteiger partial charge in [0.1, 0.15) is 11.5 Å². The van der Waals surface area contributed by atoms with Gasteiger partial charge in [-0.05, 0) is 30.4 Å². The van der Waals surface area contributed by atoms with Crippen molar-refractivity contribution >= 4 is 40.3 Å². The third-order valence-electron chi connectivity index (χ3n) is 3.15. The van der Waals surface area contributed by atoms with Crippen LogP contribution < -0.4 is 20.1 Å². The summed E-state index contributed by atoms with van der Waals surface area (Å²) in [4.78, 5) is 0. The average Bonchev–Trinajstić information content (AvgIpc) is 2.55. The van der Waals surface area contributed by atoms with E-state index in [1.54, 1.807) is 18.2 Å². The molecular formula is C16H14ClF3N2O2S. The molecule has 2 rings (SSSR count). The first kappa shape index (κ1) is 19.1. The van der Waals surface area contributed by atoms with Crippen molar-refractivity contribution in [3.8, 4) is 11.5 Å². The summed E-state index contributed by atoms with van der Waals surface area (Å²) in [5.74, 6) is 1.06. The fourth-order valence-corrected chi connectivity index (χ4v) is 2.35. The Kier molecular flexibility index (Phi) is 5.97. The Morgan fingerprint density at radius 2 is 1.60 bits per heavy atom. The fourth-order valence-electron chi connectivity index (χ4n) is 1.96. The number of thiocarbonyl (C=S) groups is 1. The summed E-state index contributed by atoms with van der Waals surface area (Å²) in [5, 5.41) is 5.68. The van der Waals surface area contributed by atoms with E-state index in [-0.39, 0.29) is 15.8 Å². The Labute approximate surface area is 152 Å². The number of ether oxygens (including phenoxy) is 2. The van der Waals surface area contributed by atoms with Crippen LogP contribution in [0.2, 0.25) is 5.02 Å². The van der Waals surface area contributed by atoms with E-state index in [0.29, 0.717) is 17.2 Å². The molecule has 0 atom stereocenters. The summed E-state index contributed by atoms with van der Waals surface area (Å²) >= 11 is 11.1. The molecule has 0 unspecified atom stereocenters. The van der Waals surface area contributed by atoms with Gasteiger partial charge < -0.3 is 20.1 Å². The maximum Gasteiger partial charge on any atom is 0.416 e. The Bertz CT molecular complexity index is 762. The van der Waals surface area contributed by atoms with E-state index in [2.05, 4.69) is 10.6 Å². The Hall–Kier alpha value is -2.19. The second-order valence-corrected chi connectivity index (χ2v) is 5.69. The number of rotatable bonds is 4. The van der Waals surface area contributed by atoms with E-state index in [4.69, 9.17) is 33.3 Å². The van der Waals surface area contributed by atoms with Crippen LogP contribution in [0.15, 0.2) is 36.4 Å². The summed E-state index contributed by atoms with van der Waals surface area (Å²) in [6.45, 7) is 0. The monoisotopic (exact) mass is 390 g/mol. The third-order valence-corrected chi connectivity index (χ3v) is 3.68. The lowest BCUT2D eigenvalue weighted by Gasteiger charge is -2.15. The second kappa shape index (κ2) is 7.79. The van der Waals surface area contributed by atoms with Gasteiger partial charge in [0.25, 0.3) is 0 Å². The van der Waals surface area contributed by atoms with Gasteiger partial charge in [0.15, 0.2) is 5.11 Å². The molecule has 9 heteroatoms. The number of halogens is 4. The molecule has 0 saturated carbocycles. The molecule has 0 saturated heterocycles. The molecule has 0 radical (unpaired) electrons. The molecule has 0 aliphatic heterocycles. The van der Waals surface area contributed by atoms with Gasteiger partial charge in [0.05, 0.1) is 30.5 Å². The van der Waals surface area contributed by atoms with Crippen molar-refractivity contribution in [3.63, 3.8) is 0 Å². The van der Waals surface area contributed by atoms with E-state index in [1.165, 1.54) is 14.2 Å². The molecule has 0 aromatic heterocycles. The quantitative estimate of drug-likeness (QED) is 0.704. The van der Waals surface area contributed by atoms with Gasteiger partial charge in [0, 0.05) is 23.9 Å². The highest BCUT2D eigenvalue weighted by Gasteiger charge is 2.31. The zero-order valence-electron chi connectivity index (χ0n) is 13.2. The lowest BCUT2D eigenvalue weighted by Crippen LogP contribution is -2.20. The lowest BCUT2D eigenvalue weighted by atomic mass is 10.2. The van der Waals surface area contributed by atoms with Crippen molar-refractivity contribution in [2.24, 2.45) is 0 Å². The number of methoxy groups -OCH3 is 2. The van der Waals surface area contributed by atoms with Gasteiger partial charge in [-0.25, -0.2) is 0 Å². The maximum absolute atomic E-state index is 12.8. The zero-order chi connectivity index (χ0) is 18.6. The van der Waals surface area contributed by atoms with Crippen LogP contribution in [0.25, 0.3) is 0 Å². The van der Waals surface area contributed by atoms with Crippen molar-refractivity contribution in [1.82, 2.24) is 0 Å². The summed E-state index contributed by atoms with van der Waals surface area (Å²) in [5.41, 5.74) is -0.245. The van der Waals surface area contributed by atoms with Crippen LogP contribution in [0, 0.1) is 0 Å². The van der Waals surface area contributed by atoms with Crippen molar-refractivity contribution < 1.29 is 22.6 Å². The van der Waals surface area contributed by atoms with Crippen molar-refractivity contribution in [1.29, 1.82) is 0 Å². The highest BCUT2D eigenvalue weighted by Crippen LogP contribution is 2.34. The van der Waals surface area contributed by atoms with E-state index in [9.17, 15) is 13.2 Å². The SMILES string of the molecule is COc1cc(NC(=S)Nc2cc(C(F)(F)F)ccc2Cl)cc(OC)c1. The minimum Gasteiger partial charge on any atom is -0.497 e. The Balaban J connectivity index is 2.18. The number of hydrogen-bond donors (Lipinski definition) is 2. The van der Waals surface area contributed by atoms with Gasteiger partial charge in [-0.2, -0.15) is 13.2 Å². The van der Waals surface area contributed by atoms with Crippen LogP contribution in [0.3, 0.4) is 0 Å². The smallest absolute Gasteiger partial charge is 0.416 e. The molecule has 2 aromatic rings. The molecule has 0 bridgehead atoms. The van der Waals surface area contributed by atoms with Crippen LogP contribution in [-0.2, 0) is 6.18 Å². The predicted octanol–water partition coefficient (Wildman–Crippen LogP) is 5.18. The zero-order valence-corrected chi connectivity index (χ0v) is 14.8. The molecule has 134 valence electrons. The molecule has 0 aliphatic rings. The third kappa shape index (κ3) is 5.14. The first-order chi connectivity index (χ1) is 11.7. The molecule has 2 aromatic carbocycles. The van der Waals surface area contributed by atoms with Crippen LogP contribution in [0.5, 0.6) is 11.5 Å². The van der Waals surface area contributed by atoms with Crippen molar-refractivity contribution in [2.75, 3.05) is 24.9 Å². The summed E-state index contributed by atoms with van der Waals surface area (Å²) in [7, 11) is 3.00. The van der Waals surface area contributed by atoms with Gasteiger partial charge in [-0.1, -0.05) is 11.6 Å². The lowest BCUT2D eigenvalue weighted by molar-refractivity contribution is -0.137. The van der Waals surface area contributed by atoms with Crippen LogP contribution >= 0.6 is 23.8 Å². The maximum atomic E-state index is 12.8. The average molecular weight is 391 g/mol. The van der Waals surface area contributed by atoms with Crippen LogP contribution in [0.1, 0.15) is 5.56 Å². The van der Waals surface area contributed by atoms with E-state index in [1.807, 2.05) is 0 Å². The molecule has 2 N–H and O–H groups in total. The largest absolute Gasteiger partial charge is 0.497 e. The van der Waals surface area contributed by atoms with Crippen molar-refractivity contribution in [3.05, 3.63) is 47.0 Å². The van der Waals surface area contributed by atoms with Crippen LogP contribution in [-0.4, -0.2) is 19.3 Å².